The third kappa shape index (κ3) is 3.92. The second-order valence-corrected chi connectivity index (χ2v) is 7.51. The van der Waals surface area contributed by atoms with E-state index in [2.05, 4.69) is 10.3 Å². The Morgan fingerprint density at radius 2 is 1.86 bits per heavy atom. The van der Waals surface area contributed by atoms with Gasteiger partial charge in [-0.15, -0.1) is 0 Å². The van der Waals surface area contributed by atoms with Gasteiger partial charge in [-0.05, 0) is 79.3 Å². The van der Waals surface area contributed by atoms with E-state index < -0.39 is 0 Å². The van der Waals surface area contributed by atoms with Crippen LogP contribution in [0, 0.1) is 11.6 Å². The second-order valence-electron chi connectivity index (χ2n) is 7.51. The topological polar surface area (TPSA) is 70.9 Å². The monoisotopic (exact) mass is 383 g/mol. The first-order chi connectivity index (χ1) is 13.5. The number of aromatic nitrogens is 1. The molecule has 1 saturated carbocycles. The number of nitrogens with one attached hydrogen (secondary N) is 2. The van der Waals surface area contributed by atoms with Crippen molar-refractivity contribution < 1.29 is 13.6 Å². The third-order valence-electron chi connectivity index (χ3n) is 5.44. The summed E-state index contributed by atoms with van der Waals surface area (Å²) in [6.07, 6.45) is 3.41. The van der Waals surface area contributed by atoms with Crippen LogP contribution in [-0.2, 0) is 11.2 Å². The van der Waals surface area contributed by atoms with E-state index in [-0.39, 0.29) is 29.6 Å². The number of H-pyrrole nitrogens is 1. The number of amides is 1. The fraction of sp³-hybridized carbons (Fsp3) is 0.318. The first kappa shape index (κ1) is 18.6. The zero-order valence-electron chi connectivity index (χ0n) is 15.5. The lowest BCUT2D eigenvalue weighted by Gasteiger charge is -2.12. The zero-order chi connectivity index (χ0) is 19.7. The average Bonchev–Trinajstić information content (AvgIpc) is 3.23. The number of benzene rings is 2. The number of aryl methyl sites for hydroxylation is 1. The van der Waals surface area contributed by atoms with Gasteiger partial charge in [-0.25, -0.2) is 8.78 Å². The van der Waals surface area contributed by atoms with Crippen LogP contribution in [0.3, 0.4) is 0 Å². The maximum Gasteiger partial charge on any atom is 0.220 e. The molecule has 4 nitrogen and oxygen atoms in total. The molecule has 28 heavy (non-hydrogen) atoms. The number of nitrogens with two attached hydrogens (primary N) is 1. The van der Waals surface area contributed by atoms with Gasteiger partial charge in [0.25, 0.3) is 0 Å². The van der Waals surface area contributed by atoms with Crippen LogP contribution in [0.15, 0.2) is 42.5 Å². The van der Waals surface area contributed by atoms with Crippen LogP contribution in [0.2, 0.25) is 0 Å². The van der Waals surface area contributed by atoms with Crippen molar-refractivity contribution in [2.45, 2.75) is 44.2 Å². The summed E-state index contributed by atoms with van der Waals surface area (Å²) in [5.41, 5.74) is 9.15. The highest BCUT2D eigenvalue weighted by atomic mass is 19.1. The van der Waals surface area contributed by atoms with E-state index in [1.54, 1.807) is 18.2 Å². The number of halogens is 2. The van der Waals surface area contributed by atoms with Crippen molar-refractivity contribution >= 4 is 16.8 Å². The SMILES string of the molecule is NC1CCC(NC(=O)CCc2c(-c3ccc(F)cc3)[nH]c3ccc(F)cc23)C1. The second kappa shape index (κ2) is 7.72. The van der Waals surface area contributed by atoms with E-state index in [0.717, 1.165) is 47.0 Å². The number of hydrogen-bond donors (Lipinski definition) is 3. The summed E-state index contributed by atoms with van der Waals surface area (Å²) in [6.45, 7) is 0. The first-order valence-corrected chi connectivity index (χ1v) is 9.60. The highest BCUT2D eigenvalue weighted by Gasteiger charge is 2.23. The van der Waals surface area contributed by atoms with Gasteiger partial charge in [0, 0.05) is 35.1 Å². The van der Waals surface area contributed by atoms with Gasteiger partial charge in [0.2, 0.25) is 5.91 Å². The van der Waals surface area contributed by atoms with E-state index in [1.165, 1.54) is 24.3 Å². The fourth-order valence-electron chi connectivity index (χ4n) is 4.03. The van der Waals surface area contributed by atoms with Gasteiger partial charge in [0.1, 0.15) is 11.6 Å². The van der Waals surface area contributed by atoms with Crippen molar-refractivity contribution in [1.82, 2.24) is 10.3 Å². The average molecular weight is 383 g/mol. The van der Waals surface area contributed by atoms with E-state index in [4.69, 9.17) is 5.73 Å². The molecule has 2 aromatic carbocycles. The van der Waals surface area contributed by atoms with Crippen molar-refractivity contribution in [2.24, 2.45) is 5.73 Å². The summed E-state index contributed by atoms with van der Waals surface area (Å²) in [6, 6.07) is 11.0. The number of aromatic amines is 1. The molecular formula is C22H23F2N3O. The number of carbonyl (C=O) groups is 1. The summed E-state index contributed by atoms with van der Waals surface area (Å²) in [5.74, 6) is -0.681. The van der Waals surface area contributed by atoms with Crippen molar-refractivity contribution in [2.75, 3.05) is 0 Å². The predicted molar refractivity (Wildman–Crippen MR) is 106 cm³/mol. The normalized spacial score (nSPS) is 19.2. The Balaban J connectivity index is 1.59. The number of hydrogen-bond acceptors (Lipinski definition) is 2. The molecular weight excluding hydrogens is 360 g/mol. The molecule has 3 aromatic rings. The number of fused-ring (bicyclic) bond motifs is 1. The molecule has 0 aliphatic heterocycles. The third-order valence-corrected chi connectivity index (χ3v) is 5.44. The van der Waals surface area contributed by atoms with Crippen LogP contribution in [-0.4, -0.2) is 23.0 Å². The highest BCUT2D eigenvalue weighted by molar-refractivity contribution is 5.91. The molecule has 1 aromatic heterocycles. The number of rotatable bonds is 5. The van der Waals surface area contributed by atoms with E-state index in [9.17, 15) is 13.6 Å². The molecule has 6 heteroatoms. The Bertz CT molecular complexity index is 997. The Kier molecular flexibility index (Phi) is 5.13. The van der Waals surface area contributed by atoms with Crippen molar-refractivity contribution in [3.05, 3.63) is 59.7 Å². The summed E-state index contributed by atoms with van der Waals surface area (Å²) >= 11 is 0. The number of carbonyl (C=O) groups excluding carboxylic acids is 1. The summed E-state index contributed by atoms with van der Waals surface area (Å²) in [7, 11) is 0. The smallest absolute Gasteiger partial charge is 0.220 e. The lowest BCUT2D eigenvalue weighted by molar-refractivity contribution is -0.121. The molecule has 1 aliphatic rings. The molecule has 4 N–H and O–H groups in total. The molecule has 2 unspecified atom stereocenters. The molecule has 1 heterocycles. The molecule has 2 atom stereocenters. The molecule has 1 fully saturated rings. The predicted octanol–water partition coefficient (Wildman–Crippen LogP) is 4.04. The Labute approximate surface area is 162 Å². The molecule has 0 saturated heterocycles. The van der Waals surface area contributed by atoms with Crippen molar-refractivity contribution in [3.63, 3.8) is 0 Å². The minimum Gasteiger partial charge on any atom is -0.354 e. The van der Waals surface area contributed by atoms with Gasteiger partial charge < -0.3 is 16.0 Å². The van der Waals surface area contributed by atoms with Crippen LogP contribution in [0.4, 0.5) is 8.78 Å². The Morgan fingerprint density at radius 1 is 1.11 bits per heavy atom. The van der Waals surface area contributed by atoms with E-state index in [0.29, 0.717) is 12.8 Å². The summed E-state index contributed by atoms with van der Waals surface area (Å²) in [4.78, 5) is 15.7. The van der Waals surface area contributed by atoms with Crippen LogP contribution < -0.4 is 11.1 Å². The van der Waals surface area contributed by atoms with Crippen LogP contribution >= 0.6 is 0 Å². The lowest BCUT2D eigenvalue weighted by atomic mass is 10.0. The molecule has 0 spiro atoms. The van der Waals surface area contributed by atoms with Gasteiger partial charge in [0.15, 0.2) is 0 Å². The van der Waals surface area contributed by atoms with Gasteiger partial charge in [-0.3, -0.25) is 4.79 Å². The minimum atomic E-state index is -0.331. The fourth-order valence-corrected chi connectivity index (χ4v) is 4.03. The summed E-state index contributed by atoms with van der Waals surface area (Å²) in [5, 5.41) is 3.79. The molecule has 146 valence electrons. The quantitative estimate of drug-likeness (QED) is 0.622. The van der Waals surface area contributed by atoms with Gasteiger partial charge in [0.05, 0.1) is 0 Å². The van der Waals surface area contributed by atoms with Gasteiger partial charge in [-0.1, -0.05) is 0 Å². The lowest BCUT2D eigenvalue weighted by Crippen LogP contribution is -2.34. The molecule has 4 rings (SSSR count). The summed E-state index contributed by atoms with van der Waals surface area (Å²) < 4.78 is 27.1. The first-order valence-electron chi connectivity index (χ1n) is 9.60. The largest absolute Gasteiger partial charge is 0.354 e. The van der Waals surface area contributed by atoms with Gasteiger partial charge >= 0.3 is 0 Å². The van der Waals surface area contributed by atoms with Crippen LogP contribution in [0.5, 0.6) is 0 Å². The Hall–Kier alpha value is -2.73. The maximum absolute atomic E-state index is 13.8. The molecule has 0 radical (unpaired) electrons. The van der Waals surface area contributed by atoms with E-state index in [1.807, 2.05) is 0 Å². The molecule has 1 aliphatic carbocycles. The van der Waals surface area contributed by atoms with Crippen molar-refractivity contribution in [1.29, 1.82) is 0 Å². The van der Waals surface area contributed by atoms with Gasteiger partial charge in [-0.2, -0.15) is 0 Å². The maximum atomic E-state index is 13.8. The molecule has 1 amide bonds. The Morgan fingerprint density at radius 3 is 2.57 bits per heavy atom. The zero-order valence-corrected chi connectivity index (χ0v) is 15.5. The van der Waals surface area contributed by atoms with Crippen LogP contribution in [0.25, 0.3) is 22.2 Å². The van der Waals surface area contributed by atoms with Crippen LogP contribution in [0.1, 0.15) is 31.2 Å². The minimum absolute atomic E-state index is 0.0325. The molecule has 0 bridgehead atoms. The highest BCUT2D eigenvalue weighted by Crippen LogP contribution is 2.32. The van der Waals surface area contributed by atoms with Crippen molar-refractivity contribution in [3.8, 4) is 11.3 Å². The van der Waals surface area contributed by atoms with E-state index >= 15 is 0 Å². The standard InChI is InChI=1S/C22H23F2N3O/c23-14-3-1-13(2-4-14)22-18(19-11-15(24)5-9-20(19)27-22)8-10-21(28)26-17-7-6-16(25)12-17/h1-5,9,11,16-17,27H,6-8,10,12,25H2,(H,26,28).